The molecule has 0 spiro atoms. The summed E-state index contributed by atoms with van der Waals surface area (Å²) in [5.74, 6) is -0.322. The van der Waals surface area contributed by atoms with E-state index in [4.69, 9.17) is 20.7 Å². The maximum Gasteiger partial charge on any atom is 0.259 e. The lowest BCUT2D eigenvalue weighted by atomic mass is 10.1. The first kappa shape index (κ1) is 14.2. The highest BCUT2D eigenvalue weighted by Gasteiger charge is 2.44. The lowest BCUT2D eigenvalue weighted by molar-refractivity contribution is -0.0518. The van der Waals surface area contributed by atoms with E-state index in [-0.39, 0.29) is 5.82 Å². The number of ether oxygens (including phenoxy) is 1. The van der Waals surface area contributed by atoms with Gasteiger partial charge >= 0.3 is 0 Å². The van der Waals surface area contributed by atoms with E-state index < -0.39 is 46.2 Å². The first-order valence-electron chi connectivity index (χ1n) is 5.25. The zero-order chi connectivity index (χ0) is 14.4. The smallest absolute Gasteiger partial charge is 0.259 e. The van der Waals surface area contributed by atoms with Crippen LogP contribution in [0.2, 0.25) is 0 Å². The molecule has 0 aromatic carbocycles. The number of aliphatic hydroxyl groups is 3. The van der Waals surface area contributed by atoms with Crippen LogP contribution in [0.1, 0.15) is 6.23 Å². The summed E-state index contributed by atoms with van der Waals surface area (Å²) >= 11 is 0. The van der Waals surface area contributed by atoms with Crippen LogP contribution in [0.5, 0.6) is 0 Å². The molecule has 2 heterocycles. The second kappa shape index (κ2) is 4.70. The van der Waals surface area contributed by atoms with Crippen molar-refractivity contribution in [3.8, 4) is 0 Å². The van der Waals surface area contributed by atoms with E-state index in [9.17, 15) is 18.6 Å². The van der Waals surface area contributed by atoms with Gasteiger partial charge in [-0.1, -0.05) is 0 Å². The van der Waals surface area contributed by atoms with Crippen LogP contribution >= 0.6 is 0 Å². The zero-order valence-corrected chi connectivity index (χ0v) is 10.4. The van der Waals surface area contributed by atoms with Gasteiger partial charge in [0.15, 0.2) is 6.23 Å². The molecule has 11 heteroatoms. The molecule has 1 fully saturated rings. The predicted molar refractivity (Wildman–Crippen MR) is 61.0 cm³/mol. The number of imidazole rings is 1. The zero-order valence-electron chi connectivity index (χ0n) is 9.62. The van der Waals surface area contributed by atoms with Crippen LogP contribution in [-0.2, 0) is 14.8 Å². The molecule has 0 saturated carbocycles. The average Bonchev–Trinajstić information content (AvgIpc) is 2.82. The van der Waals surface area contributed by atoms with Crippen LogP contribution in [0.3, 0.4) is 0 Å². The fourth-order valence-electron chi connectivity index (χ4n) is 1.89. The topological polar surface area (TPSA) is 174 Å². The predicted octanol–water partition coefficient (Wildman–Crippen LogP) is -3.28. The quantitative estimate of drug-likeness (QED) is 0.385. The number of sulfonamides is 1. The van der Waals surface area contributed by atoms with E-state index >= 15 is 0 Å². The molecule has 0 radical (unpaired) electrons. The standard InChI is InChI=1S/C8H14N4O6S/c9-6-7(19(10,16)17)11-2-12(6)8-5(15)4(14)3(1-13)18-8/h2-5,8,13-15H,1,9H2,(H2,10,16,17)/t3-,4-,5-,8-/m1/s1. The fourth-order valence-corrected chi connectivity index (χ4v) is 2.48. The van der Waals surface area contributed by atoms with Crippen LogP contribution in [0.25, 0.3) is 0 Å². The van der Waals surface area contributed by atoms with Gasteiger partial charge in [-0.15, -0.1) is 0 Å². The number of aromatic nitrogens is 2. The number of rotatable bonds is 3. The fraction of sp³-hybridized carbons (Fsp3) is 0.625. The van der Waals surface area contributed by atoms with Gasteiger partial charge in [0.05, 0.1) is 6.61 Å². The number of hydrogen-bond acceptors (Lipinski definition) is 8. The highest BCUT2D eigenvalue weighted by Crippen LogP contribution is 2.32. The molecule has 2 rings (SSSR count). The van der Waals surface area contributed by atoms with Crippen molar-refractivity contribution < 1.29 is 28.5 Å². The van der Waals surface area contributed by atoms with Gasteiger partial charge in [-0.25, -0.2) is 18.5 Å². The Morgan fingerprint density at radius 1 is 1.42 bits per heavy atom. The number of aliphatic hydroxyl groups excluding tert-OH is 3. The maximum atomic E-state index is 11.2. The Balaban J connectivity index is 2.37. The van der Waals surface area contributed by atoms with Crippen molar-refractivity contribution >= 4 is 15.8 Å². The van der Waals surface area contributed by atoms with Gasteiger partial charge in [-0.2, -0.15) is 0 Å². The first-order chi connectivity index (χ1) is 8.77. The van der Waals surface area contributed by atoms with E-state index in [0.29, 0.717) is 0 Å². The molecule has 7 N–H and O–H groups in total. The van der Waals surface area contributed by atoms with Gasteiger partial charge in [0.2, 0.25) is 5.03 Å². The molecule has 19 heavy (non-hydrogen) atoms. The summed E-state index contributed by atoms with van der Waals surface area (Å²) in [6.07, 6.45) is -3.85. The number of hydrogen-bond donors (Lipinski definition) is 5. The number of nitrogens with two attached hydrogens (primary N) is 2. The Morgan fingerprint density at radius 3 is 2.47 bits per heavy atom. The molecule has 1 aromatic heterocycles. The van der Waals surface area contributed by atoms with E-state index in [1.165, 1.54) is 0 Å². The monoisotopic (exact) mass is 294 g/mol. The number of anilines is 1. The Hall–Kier alpha value is -1.24. The maximum absolute atomic E-state index is 11.2. The van der Waals surface area contributed by atoms with Crippen LogP contribution in [-0.4, -0.2) is 58.2 Å². The lowest BCUT2D eigenvalue weighted by Gasteiger charge is -2.17. The van der Waals surface area contributed by atoms with Crippen molar-refractivity contribution in [3.63, 3.8) is 0 Å². The second-order valence-corrected chi connectivity index (χ2v) is 5.59. The van der Waals surface area contributed by atoms with E-state index in [0.717, 1.165) is 10.9 Å². The van der Waals surface area contributed by atoms with Crippen molar-refractivity contribution in [2.24, 2.45) is 5.14 Å². The second-order valence-electron chi connectivity index (χ2n) is 4.12. The molecular formula is C8H14N4O6S. The normalized spacial score (nSPS) is 31.8. The molecule has 1 aliphatic heterocycles. The Morgan fingerprint density at radius 2 is 2.05 bits per heavy atom. The van der Waals surface area contributed by atoms with E-state index in [1.807, 2.05) is 0 Å². The molecule has 0 unspecified atom stereocenters. The van der Waals surface area contributed by atoms with Crippen molar-refractivity contribution in [1.29, 1.82) is 0 Å². The summed E-state index contributed by atoms with van der Waals surface area (Å²) < 4.78 is 28.6. The minimum absolute atomic E-state index is 0.322. The van der Waals surface area contributed by atoms with E-state index in [2.05, 4.69) is 4.98 Å². The van der Waals surface area contributed by atoms with Gasteiger partial charge in [0, 0.05) is 0 Å². The van der Waals surface area contributed by atoms with Crippen molar-refractivity contribution in [1.82, 2.24) is 9.55 Å². The minimum atomic E-state index is -4.10. The Bertz CT molecular complexity index is 572. The molecule has 108 valence electrons. The molecule has 4 atom stereocenters. The largest absolute Gasteiger partial charge is 0.394 e. The summed E-state index contributed by atoms with van der Waals surface area (Å²) in [5, 5.41) is 32.7. The minimum Gasteiger partial charge on any atom is -0.394 e. The van der Waals surface area contributed by atoms with Crippen LogP contribution in [0, 0.1) is 0 Å². The summed E-state index contributed by atoms with van der Waals surface area (Å²) in [6, 6.07) is 0. The van der Waals surface area contributed by atoms with Gasteiger partial charge in [-0.3, -0.25) is 4.57 Å². The van der Waals surface area contributed by atoms with Crippen molar-refractivity contribution in [3.05, 3.63) is 6.33 Å². The molecule has 0 amide bonds. The van der Waals surface area contributed by atoms with Crippen LogP contribution in [0.15, 0.2) is 11.4 Å². The third-order valence-electron chi connectivity index (χ3n) is 2.86. The lowest BCUT2D eigenvalue weighted by Crippen LogP contribution is -2.33. The van der Waals surface area contributed by atoms with E-state index in [1.54, 1.807) is 0 Å². The molecule has 10 nitrogen and oxygen atoms in total. The molecule has 1 saturated heterocycles. The Kier molecular flexibility index (Phi) is 3.51. The molecule has 0 aliphatic carbocycles. The number of nitrogens with zero attached hydrogens (tertiary/aromatic N) is 2. The van der Waals surface area contributed by atoms with Crippen LogP contribution in [0.4, 0.5) is 5.82 Å². The number of primary sulfonamides is 1. The summed E-state index contributed by atoms with van der Waals surface area (Å²) in [7, 11) is -4.10. The van der Waals surface area contributed by atoms with Crippen molar-refractivity contribution in [2.75, 3.05) is 12.3 Å². The molecule has 0 bridgehead atoms. The SMILES string of the molecule is Nc1c(S(N)(=O)=O)ncn1[C@@H]1O[C@H](CO)[C@@H](O)[C@H]1O. The summed E-state index contributed by atoms with van der Waals surface area (Å²) in [5.41, 5.74) is 5.57. The van der Waals surface area contributed by atoms with Crippen LogP contribution < -0.4 is 10.9 Å². The highest BCUT2D eigenvalue weighted by atomic mass is 32.2. The van der Waals surface area contributed by atoms with Gasteiger partial charge < -0.3 is 25.8 Å². The molecule has 1 aromatic rings. The Labute approximate surface area is 108 Å². The first-order valence-corrected chi connectivity index (χ1v) is 6.79. The third kappa shape index (κ3) is 2.31. The average molecular weight is 294 g/mol. The van der Waals surface area contributed by atoms with Gasteiger partial charge in [0.25, 0.3) is 10.0 Å². The third-order valence-corrected chi connectivity index (χ3v) is 3.71. The molecule has 1 aliphatic rings. The van der Waals surface area contributed by atoms with Gasteiger partial charge in [0.1, 0.15) is 30.5 Å². The van der Waals surface area contributed by atoms with Gasteiger partial charge in [-0.05, 0) is 0 Å². The molecular weight excluding hydrogens is 280 g/mol. The summed E-state index contributed by atoms with van der Waals surface area (Å²) in [6.45, 7) is -0.509. The highest BCUT2D eigenvalue weighted by molar-refractivity contribution is 7.89. The number of nitrogen functional groups attached to an aromatic ring is 1. The summed E-state index contributed by atoms with van der Waals surface area (Å²) in [4.78, 5) is 3.53. The van der Waals surface area contributed by atoms with Crippen molar-refractivity contribution in [2.45, 2.75) is 29.6 Å².